The van der Waals surface area contributed by atoms with Crippen molar-refractivity contribution in [3.8, 4) is 0 Å². The number of hydrogen-bond donors (Lipinski definition) is 1. The molecule has 0 bridgehead atoms. The number of aryl methyl sites for hydroxylation is 1. The number of likely N-dealkylation sites (N-methyl/N-ethyl adjacent to an activating group) is 1. The standard InChI is InChI=1S/C12H15F2N5O2/c1-8-5-9(17-21-8)16-11(20)7-18(2)6-10-15-3-4-19(10)12(13)14/h3-5,12H,6-7H2,1-2H3,(H,16,17,20). The van der Waals surface area contributed by atoms with Gasteiger partial charge in [-0.1, -0.05) is 5.16 Å². The van der Waals surface area contributed by atoms with Crippen LogP contribution in [0.1, 0.15) is 18.1 Å². The maximum atomic E-state index is 12.7. The molecule has 0 atom stereocenters. The zero-order chi connectivity index (χ0) is 15.4. The van der Waals surface area contributed by atoms with Gasteiger partial charge in [0.25, 0.3) is 0 Å². The van der Waals surface area contributed by atoms with Gasteiger partial charge < -0.3 is 9.84 Å². The van der Waals surface area contributed by atoms with Crippen LogP contribution in [-0.4, -0.2) is 39.1 Å². The molecule has 9 heteroatoms. The quantitative estimate of drug-likeness (QED) is 0.877. The summed E-state index contributed by atoms with van der Waals surface area (Å²) < 4.78 is 30.9. The molecule has 0 saturated heterocycles. The Labute approximate surface area is 119 Å². The number of aromatic nitrogens is 3. The van der Waals surface area contributed by atoms with Gasteiger partial charge in [-0.05, 0) is 14.0 Å². The largest absolute Gasteiger partial charge is 0.360 e. The van der Waals surface area contributed by atoms with Crippen LogP contribution in [0.2, 0.25) is 0 Å². The summed E-state index contributed by atoms with van der Waals surface area (Å²) in [6, 6.07) is 1.58. The topological polar surface area (TPSA) is 76.2 Å². The lowest BCUT2D eigenvalue weighted by Crippen LogP contribution is -2.30. The summed E-state index contributed by atoms with van der Waals surface area (Å²) >= 11 is 0. The first-order valence-electron chi connectivity index (χ1n) is 6.17. The van der Waals surface area contributed by atoms with Gasteiger partial charge in [-0.15, -0.1) is 0 Å². The fourth-order valence-electron chi connectivity index (χ4n) is 1.79. The average molecular weight is 299 g/mol. The first-order valence-corrected chi connectivity index (χ1v) is 6.17. The number of carbonyl (C=O) groups is 1. The number of halogens is 2. The van der Waals surface area contributed by atoms with Crippen LogP contribution >= 0.6 is 0 Å². The summed E-state index contributed by atoms with van der Waals surface area (Å²) in [7, 11) is 1.64. The van der Waals surface area contributed by atoms with Crippen LogP contribution in [0.5, 0.6) is 0 Å². The van der Waals surface area contributed by atoms with Crippen molar-refractivity contribution in [3.63, 3.8) is 0 Å². The van der Waals surface area contributed by atoms with Crippen LogP contribution < -0.4 is 5.32 Å². The van der Waals surface area contributed by atoms with Crippen molar-refractivity contribution in [1.29, 1.82) is 0 Å². The zero-order valence-electron chi connectivity index (χ0n) is 11.6. The molecule has 2 aromatic heterocycles. The molecule has 21 heavy (non-hydrogen) atoms. The minimum Gasteiger partial charge on any atom is -0.360 e. The van der Waals surface area contributed by atoms with Crippen molar-refractivity contribution < 1.29 is 18.1 Å². The van der Waals surface area contributed by atoms with Crippen molar-refractivity contribution in [2.75, 3.05) is 18.9 Å². The number of hydrogen-bond acceptors (Lipinski definition) is 5. The number of amides is 1. The van der Waals surface area contributed by atoms with Gasteiger partial charge >= 0.3 is 6.55 Å². The Hall–Kier alpha value is -2.29. The molecule has 0 saturated carbocycles. The highest BCUT2D eigenvalue weighted by Gasteiger charge is 2.15. The van der Waals surface area contributed by atoms with E-state index < -0.39 is 6.55 Å². The van der Waals surface area contributed by atoms with E-state index >= 15 is 0 Å². The van der Waals surface area contributed by atoms with Crippen molar-refractivity contribution in [2.24, 2.45) is 0 Å². The van der Waals surface area contributed by atoms with E-state index in [1.165, 1.54) is 12.4 Å². The van der Waals surface area contributed by atoms with Crippen molar-refractivity contribution in [2.45, 2.75) is 20.0 Å². The Morgan fingerprint density at radius 3 is 2.95 bits per heavy atom. The fourth-order valence-corrected chi connectivity index (χ4v) is 1.79. The van der Waals surface area contributed by atoms with Crippen LogP contribution in [0.25, 0.3) is 0 Å². The van der Waals surface area contributed by atoms with E-state index in [2.05, 4.69) is 15.5 Å². The summed E-state index contributed by atoms with van der Waals surface area (Å²) in [6.45, 7) is -0.799. The first-order chi connectivity index (χ1) is 9.95. The highest BCUT2D eigenvalue weighted by Crippen LogP contribution is 2.13. The van der Waals surface area contributed by atoms with Crippen molar-refractivity contribution in [1.82, 2.24) is 19.6 Å². The van der Waals surface area contributed by atoms with Crippen LogP contribution in [0, 0.1) is 6.92 Å². The predicted molar refractivity (Wildman–Crippen MR) is 69.7 cm³/mol. The molecule has 1 N–H and O–H groups in total. The number of nitrogens with zero attached hydrogens (tertiary/aromatic N) is 4. The van der Waals surface area contributed by atoms with Gasteiger partial charge in [-0.25, -0.2) is 4.98 Å². The van der Waals surface area contributed by atoms with E-state index in [1.54, 1.807) is 24.9 Å². The van der Waals surface area contributed by atoms with Crippen LogP contribution in [0.3, 0.4) is 0 Å². The van der Waals surface area contributed by atoms with Gasteiger partial charge in [0.15, 0.2) is 5.82 Å². The second-order valence-corrected chi connectivity index (χ2v) is 4.57. The summed E-state index contributed by atoms with van der Waals surface area (Å²) in [5, 5.41) is 6.18. The van der Waals surface area contributed by atoms with Crippen LogP contribution in [0.4, 0.5) is 14.6 Å². The fraction of sp³-hybridized carbons (Fsp3) is 0.417. The average Bonchev–Trinajstić information content (AvgIpc) is 2.98. The molecule has 0 aromatic carbocycles. The number of carbonyl (C=O) groups excluding carboxylic acids is 1. The van der Waals surface area contributed by atoms with Crippen LogP contribution in [0.15, 0.2) is 23.0 Å². The Bertz CT molecular complexity index is 610. The molecule has 2 rings (SSSR count). The number of alkyl halides is 2. The van der Waals surface area contributed by atoms with Gasteiger partial charge in [-0.2, -0.15) is 8.78 Å². The molecule has 1 amide bonds. The van der Waals surface area contributed by atoms with E-state index in [4.69, 9.17) is 4.52 Å². The normalized spacial score (nSPS) is 11.3. The molecule has 2 heterocycles. The Kier molecular flexibility index (Phi) is 4.63. The summed E-state index contributed by atoms with van der Waals surface area (Å²) in [5.74, 6) is 0.774. The molecular formula is C12H15F2N5O2. The molecule has 0 aliphatic carbocycles. The molecule has 0 aliphatic heterocycles. The van der Waals surface area contributed by atoms with E-state index in [0.29, 0.717) is 11.6 Å². The predicted octanol–water partition coefficient (Wildman–Crippen LogP) is 1.65. The maximum Gasteiger partial charge on any atom is 0.319 e. The number of imidazole rings is 1. The lowest BCUT2D eigenvalue weighted by molar-refractivity contribution is -0.117. The summed E-state index contributed by atoms with van der Waals surface area (Å²) in [4.78, 5) is 17.2. The van der Waals surface area contributed by atoms with Crippen molar-refractivity contribution >= 4 is 11.7 Å². The van der Waals surface area contributed by atoms with E-state index in [1.807, 2.05) is 0 Å². The molecule has 0 aliphatic rings. The zero-order valence-corrected chi connectivity index (χ0v) is 11.6. The highest BCUT2D eigenvalue weighted by atomic mass is 19.3. The van der Waals surface area contributed by atoms with Gasteiger partial charge in [0.2, 0.25) is 5.91 Å². The molecule has 0 spiro atoms. The number of anilines is 1. The number of rotatable bonds is 6. The Morgan fingerprint density at radius 1 is 1.57 bits per heavy atom. The minimum atomic E-state index is -2.65. The van der Waals surface area contributed by atoms with Crippen molar-refractivity contribution in [3.05, 3.63) is 30.0 Å². The van der Waals surface area contributed by atoms with E-state index in [9.17, 15) is 13.6 Å². The third kappa shape index (κ3) is 4.09. The smallest absolute Gasteiger partial charge is 0.319 e. The van der Waals surface area contributed by atoms with Gasteiger partial charge in [0.1, 0.15) is 11.6 Å². The number of nitrogens with one attached hydrogen (secondary N) is 1. The second-order valence-electron chi connectivity index (χ2n) is 4.57. The highest BCUT2D eigenvalue weighted by molar-refractivity contribution is 5.91. The molecule has 0 unspecified atom stereocenters. The van der Waals surface area contributed by atoms with E-state index in [0.717, 1.165) is 4.57 Å². The molecular weight excluding hydrogens is 284 g/mol. The molecule has 7 nitrogen and oxygen atoms in total. The van der Waals surface area contributed by atoms with Crippen LogP contribution in [-0.2, 0) is 11.3 Å². The van der Waals surface area contributed by atoms with E-state index in [-0.39, 0.29) is 24.8 Å². The molecule has 114 valence electrons. The summed E-state index contributed by atoms with van der Waals surface area (Å²) in [5.41, 5.74) is 0. The third-order valence-electron chi connectivity index (χ3n) is 2.68. The minimum absolute atomic E-state index is 0.0159. The lowest BCUT2D eigenvalue weighted by Gasteiger charge is -2.16. The maximum absolute atomic E-state index is 12.7. The lowest BCUT2D eigenvalue weighted by atomic mass is 10.4. The SMILES string of the molecule is Cc1cc(NC(=O)CN(C)Cc2nccn2C(F)F)no1. The Balaban J connectivity index is 1.87. The second kappa shape index (κ2) is 6.44. The molecule has 0 fully saturated rings. The molecule has 0 radical (unpaired) electrons. The van der Waals surface area contributed by atoms with Gasteiger partial charge in [0, 0.05) is 18.5 Å². The third-order valence-corrected chi connectivity index (χ3v) is 2.68. The molecule has 2 aromatic rings. The summed E-state index contributed by atoms with van der Waals surface area (Å²) in [6.07, 6.45) is 2.50. The monoisotopic (exact) mass is 299 g/mol. The van der Waals surface area contributed by atoms with Gasteiger partial charge in [0.05, 0.1) is 13.1 Å². The Morgan fingerprint density at radius 2 is 2.33 bits per heavy atom. The van der Waals surface area contributed by atoms with Gasteiger partial charge in [-0.3, -0.25) is 14.3 Å². The first kappa shape index (κ1) is 15.1.